The molecule has 1 amide bonds. The van der Waals surface area contributed by atoms with Gasteiger partial charge in [-0.3, -0.25) is 4.79 Å². The summed E-state index contributed by atoms with van der Waals surface area (Å²) in [7, 11) is 0. The first-order chi connectivity index (χ1) is 14.2. The van der Waals surface area contributed by atoms with Crippen molar-refractivity contribution in [1.82, 2.24) is 15.0 Å². The molecule has 8 heteroatoms. The average molecular weight is 428 g/mol. The molecular weight excluding hydrogens is 402 g/mol. The van der Waals surface area contributed by atoms with Gasteiger partial charge < -0.3 is 10.2 Å². The molecule has 3 heterocycles. The largest absolute Gasteiger partial charge is 0.348 e. The minimum atomic E-state index is -0.0349. The molecule has 1 N–H and O–H groups in total. The van der Waals surface area contributed by atoms with E-state index in [1.807, 2.05) is 18.2 Å². The molecule has 3 aromatic rings. The van der Waals surface area contributed by atoms with Crippen LogP contribution in [0.1, 0.15) is 38.2 Å². The number of fused-ring (bicyclic) bond motifs is 1. The Hall–Kier alpha value is -2.19. The number of nitrogens with one attached hydrogen (secondary N) is 1. The van der Waals surface area contributed by atoms with Crippen LogP contribution in [0, 0.1) is 0 Å². The van der Waals surface area contributed by atoms with Crippen LogP contribution in [0.15, 0.2) is 35.6 Å². The van der Waals surface area contributed by atoms with E-state index in [-0.39, 0.29) is 5.91 Å². The lowest BCUT2D eigenvalue weighted by atomic mass is 10.1. The Bertz CT molecular complexity index is 982. The lowest BCUT2D eigenvalue weighted by Crippen LogP contribution is -2.23. The molecule has 1 saturated heterocycles. The summed E-state index contributed by atoms with van der Waals surface area (Å²) in [5, 5.41) is 4.82. The molecule has 152 valence electrons. The van der Waals surface area contributed by atoms with Crippen LogP contribution >= 0.6 is 23.1 Å². The molecule has 4 rings (SSSR count). The summed E-state index contributed by atoms with van der Waals surface area (Å²) >= 11 is 3.08. The summed E-state index contributed by atoms with van der Waals surface area (Å²) in [6.07, 6.45) is 7.49. The Labute approximate surface area is 179 Å². The SMILES string of the molecule is CCc1cccc(NC(=O)CSc2ncnc3nc(N4CCCCCC4)sc23)c1. The minimum Gasteiger partial charge on any atom is -0.348 e. The molecule has 29 heavy (non-hydrogen) atoms. The molecule has 0 bridgehead atoms. The van der Waals surface area contributed by atoms with Gasteiger partial charge in [0.2, 0.25) is 5.91 Å². The molecule has 0 spiro atoms. The van der Waals surface area contributed by atoms with Crippen LogP contribution in [0.2, 0.25) is 0 Å². The number of nitrogens with zero attached hydrogens (tertiary/aromatic N) is 4. The van der Waals surface area contributed by atoms with E-state index >= 15 is 0 Å². The zero-order chi connectivity index (χ0) is 20.1. The highest BCUT2D eigenvalue weighted by Crippen LogP contribution is 2.34. The zero-order valence-corrected chi connectivity index (χ0v) is 18.2. The number of rotatable bonds is 6. The maximum Gasteiger partial charge on any atom is 0.234 e. The molecule has 1 aliphatic heterocycles. The number of benzene rings is 1. The van der Waals surface area contributed by atoms with Crippen LogP contribution in [0.4, 0.5) is 10.8 Å². The molecule has 2 aromatic heterocycles. The van der Waals surface area contributed by atoms with Crippen LogP contribution in [0.3, 0.4) is 0 Å². The Morgan fingerprint density at radius 3 is 2.83 bits per heavy atom. The molecule has 1 aliphatic rings. The van der Waals surface area contributed by atoms with Crippen molar-refractivity contribution in [3.8, 4) is 0 Å². The first-order valence-corrected chi connectivity index (χ1v) is 11.9. The van der Waals surface area contributed by atoms with Crippen molar-refractivity contribution in [2.75, 3.05) is 29.1 Å². The van der Waals surface area contributed by atoms with Gasteiger partial charge in [-0.05, 0) is 37.0 Å². The molecule has 1 aromatic carbocycles. The van der Waals surface area contributed by atoms with Crippen molar-refractivity contribution in [3.05, 3.63) is 36.2 Å². The lowest BCUT2D eigenvalue weighted by molar-refractivity contribution is -0.113. The first kappa shape index (κ1) is 20.1. The molecule has 0 saturated carbocycles. The fraction of sp³-hybridized carbons (Fsp3) is 0.429. The molecule has 1 fully saturated rings. The van der Waals surface area contributed by atoms with Gasteiger partial charge >= 0.3 is 0 Å². The molecule has 0 atom stereocenters. The number of hydrogen-bond acceptors (Lipinski definition) is 7. The van der Waals surface area contributed by atoms with Crippen LogP contribution in [-0.4, -0.2) is 39.7 Å². The fourth-order valence-electron chi connectivity index (χ4n) is 3.42. The average Bonchev–Trinajstić information content (AvgIpc) is 2.99. The lowest BCUT2D eigenvalue weighted by Gasteiger charge is -2.18. The smallest absolute Gasteiger partial charge is 0.234 e. The summed E-state index contributed by atoms with van der Waals surface area (Å²) in [5.74, 6) is 0.270. The van der Waals surface area contributed by atoms with Gasteiger partial charge in [0, 0.05) is 18.8 Å². The molecular formula is C21H25N5OS2. The summed E-state index contributed by atoms with van der Waals surface area (Å²) in [5.41, 5.74) is 2.77. The van der Waals surface area contributed by atoms with E-state index in [0.29, 0.717) is 5.75 Å². The van der Waals surface area contributed by atoms with Crippen LogP contribution < -0.4 is 10.2 Å². The molecule has 0 unspecified atom stereocenters. The third kappa shape index (κ3) is 5.05. The Kier molecular flexibility index (Phi) is 6.61. The third-order valence-corrected chi connectivity index (χ3v) is 7.21. The van der Waals surface area contributed by atoms with Gasteiger partial charge in [0.05, 0.1) is 5.75 Å². The van der Waals surface area contributed by atoms with E-state index in [9.17, 15) is 4.79 Å². The number of amides is 1. The van der Waals surface area contributed by atoms with Crippen LogP contribution in [0.25, 0.3) is 10.3 Å². The van der Waals surface area contributed by atoms with Gasteiger partial charge in [-0.2, -0.15) is 4.98 Å². The number of thioether (sulfide) groups is 1. The number of thiazole rings is 1. The Morgan fingerprint density at radius 2 is 2.03 bits per heavy atom. The quantitative estimate of drug-likeness (QED) is 0.452. The predicted molar refractivity (Wildman–Crippen MR) is 121 cm³/mol. The highest BCUT2D eigenvalue weighted by molar-refractivity contribution is 8.00. The van der Waals surface area contributed by atoms with Crippen molar-refractivity contribution in [2.45, 2.75) is 44.1 Å². The maximum atomic E-state index is 12.4. The van der Waals surface area contributed by atoms with E-state index < -0.39 is 0 Å². The van der Waals surface area contributed by atoms with E-state index in [2.05, 4.69) is 33.2 Å². The summed E-state index contributed by atoms with van der Waals surface area (Å²) in [6.45, 7) is 4.20. The normalized spacial score (nSPS) is 14.7. The monoisotopic (exact) mass is 427 g/mol. The summed E-state index contributed by atoms with van der Waals surface area (Å²) < 4.78 is 0.970. The molecule has 6 nitrogen and oxygen atoms in total. The van der Waals surface area contributed by atoms with Crippen molar-refractivity contribution in [2.24, 2.45) is 0 Å². The summed E-state index contributed by atoms with van der Waals surface area (Å²) in [4.78, 5) is 28.3. The topological polar surface area (TPSA) is 71.0 Å². The number of aryl methyl sites for hydroxylation is 1. The summed E-state index contributed by atoms with van der Waals surface area (Å²) in [6, 6.07) is 7.97. The zero-order valence-electron chi connectivity index (χ0n) is 16.6. The van der Waals surface area contributed by atoms with Gasteiger partial charge in [-0.25, -0.2) is 9.97 Å². The third-order valence-electron chi connectivity index (χ3n) is 4.98. The van der Waals surface area contributed by atoms with E-state index in [1.54, 1.807) is 17.7 Å². The number of carbonyl (C=O) groups is 1. The van der Waals surface area contributed by atoms with Gasteiger partial charge in [0.15, 0.2) is 10.8 Å². The number of hydrogen-bond donors (Lipinski definition) is 1. The fourth-order valence-corrected chi connectivity index (χ4v) is 5.36. The van der Waals surface area contributed by atoms with Gasteiger partial charge in [0.25, 0.3) is 0 Å². The molecule has 0 aliphatic carbocycles. The second kappa shape index (κ2) is 9.54. The molecule has 0 radical (unpaired) electrons. The van der Waals surface area contributed by atoms with Crippen LogP contribution in [0.5, 0.6) is 0 Å². The first-order valence-electron chi connectivity index (χ1n) is 10.1. The van der Waals surface area contributed by atoms with Crippen LogP contribution in [-0.2, 0) is 11.2 Å². The highest BCUT2D eigenvalue weighted by Gasteiger charge is 2.18. The van der Waals surface area contributed by atoms with Gasteiger partial charge in [-0.1, -0.05) is 55.0 Å². The number of anilines is 2. The minimum absolute atomic E-state index is 0.0349. The second-order valence-corrected chi connectivity index (χ2v) is 9.06. The van der Waals surface area contributed by atoms with Crippen molar-refractivity contribution in [3.63, 3.8) is 0 Å². The van der Waals surface area contributed by atoms with Crippen molar-refractivity contribution in [1.29, 1.82) is 0 Å². The maximum absolute atomic E-state index is 12.4. The highest BCUT2D eigenvalue weighted by atomic mass is 32.2. The van der Waals surface area contributed by atoms with Gasteiger partial charge in [0.1, 0.15) is 16.1 Å². The predicted octanol–water partition coefficient (Wildman–Crippen LogP) is 4.76. The number of aromatic nitrogens is 3. The standard InChI is InChI=1S/C21H25N5OS2/c1-2-15-8-7-9-16(12-15)24-17(27)13-28-20-18-19(22-14-23-20)25-21(29-18)26-10-5-3-4-6-11-26/h7-9,12,14H,2-6,10-11,13H2,1H3,(H,24,27). The van der Waals surface area contributed by atoms with E-state index in [4.69, 9.17) is 4.98 Å². The Balaban J connectivity index is 1.44. The van der Waals surface area contributed by atoms with Gasteiger partial charge in [-0.15, -0.1) is 0 Å². The Morgan fingerprint density at radius 1 is 1.21 bits per heavy atom. The number of carbonyl (C=O) groups excluding carboxylic acids is 1. The van der Waals surface area contributed by atoms with Crippen molar-refractivity contribution < 1.29 is 4.79 Å². The van der Waals surface area contributed by atoms with Crippen molar-refractivity contribution >= 4 is 50.2 Å². The van der Waals surface area contributed by atoms with E-state index in [0.717, 1.165) is 45.7 Å². The second-order valence-electron chi connectivity index (χ2n) is 7.12. The van der Waals surface area contributed by atoms with E-state index in [1.165, 1.54) is 43.0 Å².